The number of benzene rings is 1. The molecule has 4 fully saturated rings. The molecule has 330 valence electrons. The molecule has 58 heavy (non-hydrogen) atoms. The van der Waals surface area contributed by atoms with Gasteiger partial charge in [-0.2, -0.15) is 0 Å². The minimum absolute atomic E-state index is 0.0488. The first-order valence-corrected chi connectivity index (χ1v) is 20.2. The molecule has 6 rings (SSSR count). The van der Waals surface area contributed by atoms with Gasteiger partial charge in [-0.1, -0.05) is 13.8 Å². The SMILES string of the molecule is Cc1c(O)c(O[C@@H]2O[C@H](CO[C@@H]3O[C@H](CO)[C@@H](O)[C@H](O)[C@H]3O)[C@@H](O)[C@H](O)[C@H]2O)cc2c1CC[C@@H]1[C@@]2(C)C(=O)C[C@]2(C)[C@@H]([C@@](C)(O)C(O)CCC(C)(C)O)[C@H](O)C[C@@]12C. The van der Waals surface area contributed by atoms with Gasteiger partial charge < -0.3 is 80.2 Å². The highest BCUT2D eigenvalue weighted by Gasteiger charge is 2.73. The number of fused-ring (bicyclic) bond motifs is 5. The van der Waals surface area contributed by atoms with Crippen molar-refractivity contribution in [2.45, 2.75) is 177 Å². The Balaban J connectivity index is 1.27. The highest BCUT2D eigenvalue weighted by Crippen LogP contribution is 2.72. The minimum Gasteiger partial charge on any atom is -0.504 e. The molecule has 1 aromatic carbocycles. The molecule has 5 aliphatic rings. The van der Waals surface area contributed by atoms with Crippen molar-refractivity contribution in [1.82, 2.24) is 0 Å². The summed E-state index contributed by atoms with van der Waals surface area (Å²) in [5.41, 5.74) is -4.08. The second kappa shape index (κ2) is 15.7. The van der Waals surface area contributed by atoms with Crippen LogP contribution in [0, 0.1) is 29.6 Å². The Morgan fingerprint density at radius 3 is 2.07 bits per heavy atom. The van der Waals surface area contributed by atoms with Crippen LogP contribution >= 0.6 is 0 Å². The number of phenols is 1. The van der Waals surface area contributed by atoms with Crippen molar-refractivity contribution in [1.29, 1.82) is 0 Å². The van der Waals surface area contributed by atoms with Gasteiger partial charge in [0.25, 0.3) is 0 Å². The van der Waals surface area contributed by atoms with Crippen LogP contribution in [0.1, 0.15) is 90.3 Å². The summed E-state index contributed by atoms with van der Waals surface area (Å²) in [4.78, 5) is 14.8. The van der Waals surface area contributed by atoms with Gasteiger partial charge in [-0.25, -0.2) is 0 Å². The zero-order chi connectivity index (χ0) is 43.2. The fraction of sp³-hybridized carbons (Fsp3) is 0.829. The molecule has 0 amide bonds. The zero-order valence-corrected chi connectivity index (χ0v) is 34.2. The van der Waals surface area contributed by atoms with Gasteiger partial charge >= 0.3 is 0 Å². The molecule has 2 aliphatic heterocycles. The predicted octanol–water partition coefficient (Wildman–Crippen LogP) is -1.45. The molecule has 17 heteroatoms. The lowest BCUT2D eigenvalue weighted by Crippen LogP contribution is -2.64. The number of carbonyl (C=O) groups excluding carboxylic acids is 1. The Hall–Kier alpha value is -2.07. The summed E-state index contributed by atoms with van der Waals surface area (Å²) in [6.45, 7) is 10.8. The van der Waals surface area contributed by atoms with Crippen molar-refractivity contribution < 1.29 is 85.0 Å². The van der Waals surface area contributed by atoms with Gasteiger partial charge in [0.15, 0.2) is 17.8 Å². The standard InChI is InChI=1S/C41H64O17/c1-17-18-8-9-24-38(4)13-20(43)34(41(7,54)25(44)10-11-37(2,3)53)39(38,5)14-26(45)40(24,6)19(18)12-21(27(17)46)56-36-33(52)31(50)29(48)23(58-36)16-55-35-32(51)30(49)28(47)22(15-42)57-35/h12,20,22-25,28-36,42-44,46-54H,8-11,13-16H2,1-7H3/t20-,22-,23-,24+,25?,28-,29-,30+,31+,32-,33-,34+,35-,36-,38+,39-,40+,41+/m1/s1. The summed E-state index contributed by atoms with van der Waals surface area (Å²) < 4.78 is 22.8. The lowest BCUT2D eigenvalue weighted by Gasteiger charge is -2.62. The van der Waals surface area contributed by atoms with E-state index >= 15 is 0 Å². The van der Waals surface area contributed by atoms with Crippen molar-refractivity contribution in [3.63, 3.8) is 0 Å². The van der Waals surface area contributed by atoms with Crippen LogP contribution < -0.4 is 4.74 Å². The van der Waals surface area contributed by atoms with Gasteiger partial charge in [-0.15, -0.1) is 0 Å². The van der Waals surface area contributed by atoms with Gasteiger partial charge in [0.05, 0.1) is 42.0 Å². The summed E-state index contributed by atoms with van der Waals surface area (Å²) in [5.74, 6) is -1.93. The normalized spacial score (nSPS) is 44.5. The molecule has 3 aliphatic carbocycles. The van der Waals surface area contributed by atoms with E-state index in [-0.39, 0.29) is 48.9 Å². The third-order valence-electron chi connectivity index (χ3n) is 15.0. The fourth-order valence-corrected chi connectivity index (χ4v) is 11.4. The predicted molar refractivity (Wildman–Crippen MR) is 201 cm³/mol. The summed E-state index contributed by atoms with van der Waals surface area (Å²) in [5, 5.41) is 130. The average molecular weight is 829 g/mol. The Morgan fingerprint density at radius 2 is 1.47 bits per heavy atom. The average Bonchev–Trinajstić information content (AvgIpc) is 3.35. The van der Waals surface area contributed by atoms with Gasteiger partial charge in [0.1, 0.15) is 54.6 Å². The lowest BCUT2D eigenvalue weighted by molar-refractivity contribution is -0.323. The molecule has 1 unspecified atom stereocenters. The van der Waals surface area contributed by atoms with Crippen LogP contribution in [-0.2, 0) is 30.8 Å². The molecule has 2 saturated heterocycles. The molecule has 2 heterocycles. The maximum atomic E-state index is 14.8. The second-order valence-electron chi connectivity index (χ2n) is 19.1. The number of phenolic OH excluding ortho intramolecular Hbond substituents is 1. The fourth-order valence-electron chi connectivity index (χ4n) is 11.4. The van der Waals surface area contributed by atoms with Crippen LogP contribution in [-0.4, -0.2) is 165 Å². The van der Waals surface area contributed by atoms with E-state index in [0.29, 0.717) is 24.0 Å². The lowest BCUT2D eigenvalue weighted by atomic mass is 9.41. The Morgan fingerprint density at radius 1 is 0.879 bits per heavy atom. The van der Waals surface area contributed by atoms with Crippen LogP contribution in [0.5, 0.6) is 11.5 Å². The number of Topliss-reactive ketones (excluding diaryl/α,β-unsaturated/α-hetero) is 1. The molecular weight excluding hydrogens is 764 g/mol. The van der Waals surface area contributed by atoms with E-state index in [1.165, 1.54) is 13.0 Å². The van der Waals surface area contributed by atoms with Gasteiger partial charge in [-0.05, 0) is 106 Å². The molecular formula is C41H64O17. The molecule has 2 saturated carbocycles. The summed E-state index contributed by atoms with van der Waals surface area (Å²) in [6.07, 6.45) is -17.5. The molecule has 0 radical (unpaired) electrons. The van der Waals surface area contributed by atoms with Crippen LogP contribution in [0.2, 0.25) is 0 Å². The molecule has 18 atom stereocenters. The summed E-state index contributed by atoms with van der Waals surface area (Å²) in [7, 11) is 0. The van der Waals surface area contributed by atoms with Gasteiger partial charge in [0, 0.05) is 12.3 Å². The molecule has 0 aromatic heterocycles. The first-order chi connectivity index (χ1) is 26.8. The number of rotatable bonds is 11. The second-order valence-corrected chi connectivity index (χ2v) is 19.1. The first-order valence-electron chi connectivity index (χ1n) is 20.2. The molecule has 0 spiro atoms. The van der Waals surface area contributed by atoms with Crippen LogP contribution in [0.3, 0.4) is 0 Å². The van der Waals surface area contributed by atoms with E-state index in [4.69, 9.17) is 18.9 Å². The highest BCUT2D eigenvalue weighted by molar-refractivity contribution is 5.93. The van der Waals surface area contributed by atoms with Crippen molar-refractivity contribution in [2.75, 3.05) is 13.2 Å². The van der Waals surface area contributed by atoms with E-state index in [0.717, 1.165) is 5.56 Å². The zero-order valence-electron chi connectivity index (χ0n) is 34.2. The third kappa shape index (κ3) is 7.19. The molecule has 0 bridgehead atoms. The number of ether oxygens (including phenoxy) is 4. The quantitative estimate of drug-likeness (QED) is 0.122. The van der Waals surface area contributed by atoms with Crippen molar-refractivity contribution >= 4 is 5.78 Å². The maximum absolute atomic E-state index is 14.8. The molecule has 1 aromatic rings. The highest BCUT2D eigenvalue weighted by atomic mass is 16.7. The van der Waals surface area contributed by atoms with Crippen molar-refractivity contribution in [3.05, 3.63) is 22.8 Å². The minimum atomic E-state index is -1.85. The largest absolute Gasteiger partial charge is 0.504 e. The summed E-state index contributed by atoms with van der Waals surface area (Å²) in [6, 6.07) is 1.51. The van der Waals surface area contributed by atoms with Gasteiger partial charge in [-0.3, -0.25) is 4.79 Å². The number of hydrogen-bond acceptors (Lipinski definition) is 17. The smallest absolute Gasteiger partial charge is 0.229 e. The van der Waals surface area contributed by atoms with Crippen LogP contribution in [0.4, 0.5) is 0 Å². The van der Waals surface area contributed by atoms with Gasteiger partial charge in [0.2, 0.25) is 6.29 Å². The van der Waals surface area contributed by atoms with E-state index in [2.05, 4.69) is 0 Å². The van der Waals surface area contributed by atoms with E-state index in [9.17, 15) is 66.1 Å². The van der Waals surface area contributed by atoms with Crippen molar-refractivity contribution in [3.8, 4) is 11.5 Å². The Kier molecular flexibility index (Phi) is 12.3. The van der Waals surface area contributed by atoms with E-state index in [1.54, 1.807) is 20.8 Å². The number of aliphatic hydroxyl groups excluding tert-OH is 9. The molecule has 12 N–H and O–H groups in total. The first kappa shape index (κ1) is 45.5. The van der Waals surface area contributed by atoms with E-state index < -0.39 is 120 Å². The maximum Gasteiger partial charge on any atom is 0.229 e. The Bertz CT molecular complexity index is 1680. The summed E-state index contributed by atoms with van der Waals surface area (Å²) >= 11 is 0. The van der Waals surface area contributed by atoms with E-state index in [1.807, 2.05) is 20.8 Å². The number of aromatic hydroxyl groups is 1. The van der Waals surface area contributed by atoms with Crippen LogP contribution in [0.15, 0.2) is 6.07 Å². The number of ketones is 1. The topological polar surface area (TPSA) is 297 Å². The monoisotopic (exact) mass is 828 g/mol. The Labute approximate surface area is 337 Å². The number of hydrogen-bond donors (Lipinski definition) is 12. The third-order valence-corrected chi connectivity index (χ3v) is 15.0. The van der Waals surface area contributed by atoms with Crippen molar-refractivity contribution in [2.24, 2.45) is 22.7 Å². The van der Waals surface area contributed by atoms with Crippen LogP contribution in [0.25, 0.3) is 0 Å². The number of carbonyl (C=O) groups is 1. The molecule has 17 nitrogen and oxygen atoms in total. The number of aliphatic hydroxyl groups is 11.